The van der Waals surface area contributed by atoms with Crippen LogP contribution in [-0.2, 0) is 4.79 Å². The van der Waals surface area contributed by atoms with Gasteiger partial charge in [0.1, 0.15) is 0 Å². The van der Waals surface area contributed by atoms with Gasteiger partial charge in [-0.2, -0.15) is 11.8 Å². The maximum atomic E-state index is 11.5. The van der Waals surface area contributed by atoms with Crippen LogP contribution in [0.5, 0.6) is 0 Å². The molecule has 0 atom stereocenters. The largest absolute Gasteiger partial charge is 0.397 e. The zero-order valence-corrected chi connectivity index (χ0v) is 9.17. The molecule has 14 heavy (non-hydrogen) atoms. The van der Waals surface area contributed by atoms with Crippen molar-refractivity contribution in [2.24, 2.45) is 0 Å². The zero-order chi connectivity index (χ0) is 10.6. The molecule has 1 aromatic rings. The number of nitrogens with zero attached hydrogens (tertiary/aromatic N) is 1. The van der Waals surface area contributed by atoms with Gasteiger partial charge >= 0.3 is 0 Å². The third-order valence-electron chi connectivity index (χ3n) is 1.94. The topological polar surface area (TPSA) is 46.3 Å². The van der Waals surface area contributed by atoms with Gasteiger partial charge in [-0.1, -0.05) is 12.1 Å². The van der Waals surface area contributed by atoms with Crippen LogP contribution < -0.4 is 10.6 Å². The van der Waals surface area contributed by atoms with Crippen molar-refractivity contribution >= 4 is 29.0 Å². The summed E-state index contributed by atoms with van der Waals surface area (Å²) in [4.78, 5) is 13.1. The van der Waals surface area contributed by atoms with Gasteiger partial charge in [-0.3, -0.25) is 4.79 Å². The third-order valence-corrected chi connectivity index (χ3v) is 2.48. The minimum Gasteiger partial charge on any atom is -0.397 e. The molecule has 76 valence electrons. The molecule has 0 saturated heterocycles. The van der Waals surface area contributed by atoms with E-state index < -0.39 is 0 Å². The van der Waals surface area contributed by atoms with Gasteiger partial charge in [0.25, 0.3) is 0 Å². The summed E-state index contributed by atoms with van der Waals surface area (Å²) in [6.45, 7) is 0. The van der Waals surface area contributed by atoms with Crippen molar-refractivity contribution < 1.29 is 4.79 Å². The Morgan fingerprint density at radius 2 is 2.14 bits per heavy atom. The number of hydrogen-bond donors (Lipinski definition) is 1. The van der Waals surface area contributed by atoms with Gasteiger partial charge in [-0.15, -0.1) is 0 Å². The summed E-state index contributed by atoms with van der Waals surface area (Å²) >= 11 is 1.51. The van der Waals surface area contributed by atoms with E-state index in [1.165, 1.54) is 11.8 Å². The molecule has 0 radical (unpaired) electrons. The van der Waals surface area contributed by atoms with Crippen LogP contribution in [0, 0.1) is 0 Å². The molecule has 0 unspecified atom stereocenters. The number of carbonyl (C=O) groups excluding carboxylic acids is 1. The van der Waals surface area contributed by atoms with Gasteiger partial charge in [0.2, 0.25) is 5.91 Å². The summed E-state index contributed by atoms with van der Waals surface area (Å²) < 4.78 is 0. The predicted molar refractivity (Wildman–Crippen MR) is 62.6 cm³/mol. The summed E-state index contributed by atoms with van der Waals surface area (Å²) in [5, 5.41) is 0. The van der Waals surface area contributed by atoms with Crippen LogP contribution in [0.2, 0.25) is 0 Å². The van der Waals surface area contributed by atoms with E-state index >= 15 is 0 Å². The van der Waals surface area contributed by atoms with Crippen molar-refractivity contribution in [2.75, 3.05) is 29.7 Å². The highest BCUT2D eigenvalue weighted by atomic mass is 32.2. The Balaban J connectivity index is 2.84. The number of hydrogen-bond acceptors (Lipinski definition) is 3. The fourth-order valence-electron chi connectivity index (χ4n) is 1.15. The van der Waals surface area contributed by atoms with Crippen molar-refractivity contribution in [3.63, 3.8) is 0 Å². The first kappa shape index (κ1) is 10.9. The molecule has 0 aromatic heterocycles. The maximum Gasteiger partial charge on any atom is 0.236 e. The fourth-order valence-corrected chi connectivity index (χ4v) is 1.59. The monoisotopic (exact) mass is 210 g/mol. The molecule has 0 aliphatic heterocycles. The van der Waals surface area contributed by atoms with Gasteiger partial charge in [-0.25, -0.2) is 0 Å². The fraction of sp³-hybridized carbons (Fsp3) is 0.300. The molecule has 0 saturated carbocycles. The lowest BCUT2D eigenvalue weighted by Gasteiger charge is -2.18. The summed E-state index contributed by atoms with van der Waals surface area (Å²) in [5.74, 6) is 0.542. The number of nitrogen functional groups attached to an aromatic ring is 1. The van der Waals surface area contributed by atoms with E-state index in [9.17, 15) is 4.79 Å². The van der Waals surface area contributed by atoms with E-state index in [4.69, 9.17) is 5.73 Å². The van der Waals surface area contributed by atoms with Crippen molar-refractivity contribution in [3.8, 4) is 0 Å². The first-order valence-corrected chi connectivity index (χ1v) is 5.66. The van der Waals surface area contributed by atoms with Gasteiger partial charge < -0.3 is 10.6 Å². The Bertz CT molecular complexity index is 328. The standard InChI is InChI=1S/C10H14N2OS/c1-12(10(13)7-14-2)9-6-4-3-5-8(9)11/h3-6H,7,11H2,1-2H3. The molecule has 0 aliphatic carbocycles. The van der Waals surface area contributed by atoms with Crippen LogP contribution in [0.4, 0.5) is 11.4 Å². The van der Waals surface area contributed by atoms with Gasteiger partial charge in [0, 0.05) is 7.05 Å². The summed E-state index contributed by atoms with van der Waals surface area (Å²) in [7, 11) is 1.74. The molecule has 0 spiro atoms. The number of thioether (sulfide) groups is 1. The SMILES string of the molecule is CSCC(=O)N(C)c1ccccc1N. The first-order valence-electron chi connectivity index (χ1n) is 4.27. The van der Waals surface area contributed by atoms with Crippen molar-refractivity contribution in [1.82, 2.24) is 0 Å². The average molecular weight is 210 g/mol. The molecule has 1 aromatic carbocycles. The summed E-state index contributed by atoms with van der Waals surface area (Å²) in [6, 6.07) is 7.35. The third kappa shape index (κ3) is 2.42. The molecular formula is C10H14N2OS. The Morgan fingerprint density at radius 1 is 1.50 bits per heavy atom. The van der Waals surface area contributed by atoms with Crippen molar-refractivity contribution in [3.05, 3.63) is 24.3 Å². The molecule has 1 amide bonds. The zero-order valence-electron chi connectivity index (χ0n) is 8.36. The van der Waals surface area contributed by atoms with Crippen LogP contribution in [-0.4, -0.2) is 25.0 Å². The van der Waals surface area contributed by atoms with E-state index in [-0.39, 0.29) is 5.91 Å². The van der Waals surface area contributed by atoms with Crippen molar-refractivity contribution in [1.29, 1.82) is 0 Å². The number of para-hydroxylation sites is 2. The molecule has 1 rings (SSSR count). The highest BCUT2D eigenvalue weighted by Gasteiger charge is 2.11. The lowest BCUT2D eigenvalue weighted by atomic mass is 10.2. The van der Waals surface area contributed by atoms with Gasteiger partial charge in [0.15, 0.2) is 0 Å². The average Bonchev–Trinajstić information content (AvgIpc) is 2.18. The van der Waals surface area contributed by atoms with Crippen LogP contribution in [0.1, 0.15) is 0 Å². The van der Waals surface area contributed by atoms with Crippen LogP contribution >= 0.6 is 11.8 Å². The summed E-state index contributed by atoms with van der Waals surface area (Å²) in [5.41, 5.74) is 7.15. The molecule has 3 nitrogen and oxygen atoms in total. The molecule has 0 heterocycles. The van der Waals surface area contributed by atoms with Gasteiger partial charge in [0.05, 0.1) is 17.1 Å². The van der Waals surface area contributed by atoms with E-state index in [2.05, 4.69) is 0 Å². The minimum atomic E-state index is 0.0652. The van der Waals surface area contributed by atoms with Gasteiger partial charge in [-0.05, 0) is 18.4 Å². The van der Waals surface area contributed by atoms with Crippen LogP contribution in [0.3, 0.4) is 0 Å². The molecule has 4 heteroatoms. The number of amides is 1. The smallest absolute Gasteiger partial charge is 0.236 e. The number of nitrogens with two attached hydrogens (primary N) is 1. The van der Waals surface area contributed by atoms with Crippen LogP contribution in [0.15, 0.2) is 24.3 Å². The highest BCUT2D eigenvalue weighted by molar-refractivity contribution is 7.99. The van der Waals surface area contributed by atoms with E-state index in [1.54, 1.807) is 18.0 Å². The second kappa shape index (κ2) is 4.91. The molecule has 0 bridgehead atoms. The van der Waals surface area contributed by atoms with Crippen molar-refractivity contribution in [2.45, 2.75) is 0 Å². The Hall–Kier alpha value is -1.16. The number of benzene rings is 1. The van der Waals surface area contributed by atoms with E-state index in [0.29, 0.717) is 11.4 Å². The second-order valence-corrected chi connectivity index (χ2v) is 3.81. The molecular weight excluding hydrogens is 196 g/mol. The Kier molecular flexibility index (Phi) is 3.83. The van der Waals surface area contributed by atoms with Crippen LogP contribution in [0.25, 0.3) is 0 Å². The highest BCUT2D eigenvalue weighted by Crippen LogP contribution is 2.21. The normalized spacial score (nSPS) is 9.86. The molecule has 0 aliphatic rings. The van der Waals surface area contributed by atoms with E-state index in [1.807, 2.05) is 24.5 Å². The Labute approximate surface area is 88.3 Å². The first-order chi connectivity index (χ1) is 6.66. The quantitative estimate of drug-likeness (QED) is 0.771. The molecule has 2 N–H and O–H groups in total. The number of anilines is 2. The second-order valence-electron chi connectivity index (χ2n) is 2.94. The number of rotatable bonds is 3. The lowest BCUT2D eigenvalue weighted by molar-refractivity contribution is -0.115. The number of carbonyl (C=O) groups is 1. The molecule has 0 fully saturated rings. The minimum absolute atomic E-state index is 0.0652. The Morgan fingerprint density at radius 3 is 2.71 bits per heavy atom. The maximum absolute atomic E-state index is 11.5. The lowest BCUT2D eigenvalue weighted by Crippen LogP contribution is -2.28. The summed E-state index contributed by atoms with van der Waals surface area (Å²) in [6.07, 6.45) is 1.90. The predicted octanol–water partition coefficient (Wildman–Crippen LogP) is 1.59. The van der Waals surface area contributed by atoms with E-state index in [0.717, 1.165) is 5.69 Å².